The maximum atomic E-state index is 12.3. The molecule has 2 aromatic carbocycles. The van der Waals surface area contributed by atoms with Gasteiger partial charge in [0.1, 0.15) is 0 Å². The van der Waals surface area contributed by atoms with Crippen LogP contribution in [0, 0.1) is 6.92 Å². The molecule has 1 N–H and O–H groups in total. The Balaban J connectivity index is 1.90. The van der Waals surface area contributed by atoms with Gasteiger partial charge in [0.05, 0.1) is 6.10 Å². The fourth-order valence-corrected chi connectivity index (χ4v) is 2.95. The minimum Gasteiger partial charge on any atom is -0.372 e. The molecule has 2 atom stereocenters. The van der Waals surface area contributed by atoms with Crippen LogP contribution in [0.3, 0.4) is 0 Å². The Morgan fingerprint density at radius 2 is 1.92 bits per heavy atom. The molecule has 0 fully saturated rings. The lowest BCUT2D eigenvalue weighted by Crippen LogP contribution is -2.35. The van der Waals surface area contributed by atoms with E-state index in [1.165, 1.54) is 0 Å². The SMILES string of the molecule is CCOC(c1ccccc1)C(C)NCCC(=O)c1ccc(Cl)c(C)c1. The van der Waals surface area contributed by atoms with Crippen LogP contribution >= 0.6 is 11.6 Å². The third-order valence-corrected chi connectivity index (χ3v) is 4.65. The van der Waals surface area contributed by atoms with Gasteiger partial charge in [-0.25, -0.2) is 0 Å². The number of hydrogen-bond acceptors (Lipinski definition) is 3. The van der Waals surface area contributed by atoms with E-state index in [9.17, 15) is 4.79 Å². The van der Waals surface area contributed by atoms with Crippen molar-refractivity contribution >= 4 is 17.4 Å². The first-order valence-corrected chi connectivity index (χ1v) is 9.10. The maximum Gasteiger partial charge on any atom is 0.164 e. The molecule has 3 nitrogen and oxygen atoms in total. The molecule has 2 aromatic rings. The standard InChI is InChI=1S/C21H26ClNO2/c1-4-25-21(17-8-6-5-7-9-17)16(3)23-13-12-20(24)18-10-11-19(22)15(2)14-18/h5-11,14,16,21,23H,4,12-13H2,1-3H3. The van der Waals surface area contributed by atoms with Crippen molar-refractivity contribution in [3.05, 3.63) is 70.2 Å². The van der Waals surface area contributed by atoms with E-state index in [0.29, 0.717) is 30.2 Å². The van der Waals surface area contributed by atoms with Gasteiger partial charge in [-0.05, 0) is 50.1 Å². The van der Waals surface area contributed by atoms with E-state index in [-0.39, 0.29) is 17.9 Å². The summed E-state index contributed by atoms with van der Waals surface area (Å²) in [6, 6.07) is 15.7. The van der Waals surface area contributed by atoms with E-state index in [1.54, 1.807) is 12.1 Å². The van der Waals surface area contributed by atoms with Crippen molar-refractivity contribution in [2.24, 2.45) is 0 Å². The highest BCUT2D eigenvalue weighted by Gasteiger charge is 2.19. The average Bonchev–Trinajstić information content (AvgIpc) is 2.62. The van der Waals surface area contributed by atoms with Crippen molar-refractivity contribution in [1.82, 2.24) is 5.32 Å². The average molecular weight is 360 g/mol. The van der Waals surface area contributed by atoms with Gasteiger partial charge in [0.2, 0.25) is 0 Å². The third kappa shape index (κ3) is 5.67. The molecule has 2 rings (SSSR count). The molecule has 0 radical (unpaired) electrons. The van der Waals surface area contributed by atoms with Gasteiger partial charge in [-0.3, -0.25) is 4.79 Å². The fraction of sp³-hybridized carbons (Fsp3) is 0.381. The lowest BCUT2D eigenvalue weighted by Gasteiger charge is -2.25. The molecule has 0 saturated heterocycles. The molecule has 0 saturated carbocycles. The predicted molar refractivity (Wildman–Crippen MR) is 103 cm³/mol. The molecule has 0 aliphatic rings. The summed E-state index contributed by atoms with van der Waals surface area (Å²) >= 11 is 6.02. The number of ether oxygens (including phenoxy) is 1. The fourth-order valence-electron chi connectivity index (χ4n) is 2.83. The van der Waals surface area contributed by atoms with Gasteiger partial charge in [-0.15, -0.1) is 0 Å². The first-order valence-electron chi connectivity index (χ1n) is 8.72. The van der Waals surface area contributed by atoms with Crippen molar-refractivity contribution in [2.45, 2.75) is 39.3 Å². The Kier molecular flexibility index (Phi) is 7.63. The number of ketones is 1. The molecule has 0 amide bonds. The van der Waals surface area contributed by atoms with Crippen LogP contribution in [-0.4, -0.2) is 25.0 Å². The number of Topliss-reactive ketones (excluding diaryl/α,β-unsaturated/α-hetero) is 1. The summed E-state index contributed by atoms with van der Waals surface area (Å²) < 4.78 is 5.90. The van der Waals surface area contributed by atoms with Crippen LogP contribution in [0.15, 0.2) is 48.5 Å². The van der Waals surface area contributed by atoms with Gasteiger partial charge in [-0.2, -0.15) is 0 Å². The number of nitrogens with one attached hydrogen (secondary N) is 1. The van der Waals surface area contributed by atoms with E-state index in [4.69, 9.17) is 16.3 Å². The van der Waals surface area contributed by atoms with Crippen LogP contribution in [0.5, 0.6) is 0 Å². The van der Waals surface area contributed by atoms with E-state index in [2.05, 4.69) is 24.4 Å². The van der Waals surface area contributed by atoms with Crippen LogP contribution in [0.4, 0.5) is 0 Å². The zero-order valence-electron chi connectivity index (χ0n) is 15.1. The maximum absolute atomic E-state index is 12.3. The smallest absolute Gasteiger partial charge is 0.164 e. The van der Waals surface area contributed by atoms with Crippen LogP contribution in [0.2, 0.25) is 5.02 Å². The lowest BCUT2D eigenvalue weighted by atomic mass is 10.0. The summed E-state index contributed by atoms with van der Waals surface area (Å²) in [5.74, 6) is 0.118. The van der Waals surface area contributed by atoms with Crippen LogP contribution in [0.25, 0.3) is 0 Å². The molecular weight excluding hydrogens is 334 g/mol. The second kappa shape index (κ2) is 9.71. The summed E-state index contributed by atoms with van der Waals surface area (Å²) in [5.41, 5.74) is 2.78. The Morgan fingerprint density at radius 1 is 1.20 bits per heavy atom. The Bertz CT molecular complexity index is 688. The van der Waals surface area contributed by atoms with Crippen molar-refractivity contribution < 1.29 is 9.53 Å². The topological polar surface area (TPSA) is 38.3 Å². The number of aryl methyl sites for hydroxylation is 1. The quantitative estimate of drug-likeness (QED) is 0.642. The molecule has 0 bridgehead atoms. The molecule has 2 unspecified atom stereocenters. The number of hydrogen-bond donors (Lipinski definition) is 1. The summed E-state index contributed by atoms with van der Waals surface area (Å²) in [5, 5.41) is 4.11. The van der Waals surface area contributed by atoms with Gasteiger partial charge in [0.25, 0.3) is 0 Å². The molecule has 0 spiro atoms. The molecular formula is C21H26ClNO2. The first kappa shape index (κ1) is 19.6. The normalized spacial score (nSPS) is 13.4. The Labute approximate surface area is 155 Å². The number of benzene rings is 2. The van der Waals surface area contributed by atoms with Gasteiger partial charge in [-0.1, -0.05) is 41.9 Å². The number of carbonyl (C=O) groups is 1. The summed E-state index contributed by atoms with van der Waals surface area (Å²) in [7, 11) is 0. The van der Waals surface area contributed by atoms with E-state index < -0.39 is 0 Å². The molecule has 0 aliphatic carbocycles. The summed E-state index contributed by atoms with van der Waals surface area (Å²) in [6.07, 6.45) is 0.415. The third-order valence-electron chi connectivity index (χ3n) is 4.23. The number of carbonyl (C=O) groups excluding carboxylic acids is 1. The zero-order chi connectivity index (χ0) is 18.2. The van der Waals surface area contributed by atoms with Crippen LogP contribution in [0.1, 0.15) is 47.9 Å². The van der Waals surface area contributed by atoms with E-state index in [1.807, 2.05) is 38.1 Å². The van der Waals surface area contributed by atoms with Gasteiger partial charge >= 0.3 is 0 Å². The van der Waals surface area contributed by atoms with Crippen molar-refractivity contribution in [2.75, 3.05) is 13.2 Å². The number of rotatable bonds is 9. The summed E-state index contributed by atoms with van der Waals surface area (Å²) in [6.45, 7) is 7.25. The second-order valence-electron chi connectivity index (χ2n) is 6.17. The Hall–Kier alpha value is -1.68. The van der Waals surface area contributed by atoms with Gasteiger partial charge in [0.15, 0.2) is 5.78 Å². The van der Waals surface area contributed by atoms with Crippen molar-refractivity contribution in [1.29, 1.82) is 0 Å². The highest BCUT2D eigenvalue weighted by Crippen LogP contribution is 2.21. The minimum atomic E-state index is -0.0286. The second-order valence-corrected chi connectivity index (χ2v) is 6.57. The summed E-state index contributed by atoms with van der Waals surface area (Å²) in [4.78, 5) is 12.3. The molecule has 4 heteroatoms. The lowest BCUT2D eigenvalue weighted by molar-refractivity contribution is 0.0378. The van der Waals surface area contributed by atoms with Gasteiger partial charge in [0, 0.05) is 36.2 Å². The van der Waals surface area contributed by atoms with Gasteiger partial charge < -0.3 is 10.1 Å². The molecule has 0 heterocycles. The molecule has 134 valence electrons. The highest BCUT2D eigenvalue weighted by molar-refractivity contribution is 6.31. The highest BCUT2D eigenvalue weighted by atomic mass is 35.5. The molecule has 0 aliphatic heterocycles. The minimum absolute atomic E-state index is 0.0286. The molecule has 0 aromatic heterocycles. The van der Waals surface area contributed by atoms with Crippen LogP contribution < -0.4 is 5.32 Å². The Morgan fingerprint density at radius 3 is 2.56 bits per heavy atom. The van der Waals surface area contributed by atoms with Crippen molar-refractivity contribution in [3.8, 4) is 0 Å². The molecule has 25 heavy (non-hydrogen) atoms. The van der Waals surface area contributed by atoms with Crippen molar-refractivity contribution in [3.63, 3.8) is 0 Å². The van der Waals surface area contributed by atoms with E-state index in [0.717, 1.165) is 11.1 Å². The van der Waals surface area contributed by atoms with E-state index >= 15 is 0 Å². The number of halogens is 1. The monoisotopic (exact) mass is 359 g/mol. The first-order chi connectivity index (χ1) is 12.0. The predicted octanol–water partition coefficient (Wildman–Crippen LogP) is 4.98. The zero-order valence-corrected chi connectivity index (χ0v) is 15.8. The largest absolute Gasteiger partial charge is 0.372 e. The van der Waals surface area contributed by atoms with Crippen LogP contribution in [-0.2, 0) is 4.74 Å².